The average Bonchev–Trinajstić information content (AvgIpc) is 3.34. The van der Waals surface area contributed by atoms with Crippen molar-refractivity contribution in [3.63, 3.8) is 0 Å². The molecule has 0 saturated heterocycles. The van der Waals surface area contributed by atoms with Crippen molar-refractivity contribution >= 4 is 10.8 Å². The number of fused-ring (bicyclic) bond motifs is 4. The minimum absolute atomic E-state index is 0.200. The van der Waals surface area contributed by atoms with Crippen LogP contribution in [0, 0.1) is 0 Å². The minimum Gasteiger partial charge on any atom is -0.507 e. The van der Waals surface area contributed by atoms with Crippen LogP contribution < -0.4 is 0 Å². The van der Waals surface area contributed by atoms with Gasteiger partial charge >= 0.3 is 0 Å². The molecule has 1 N–H and O–H groups in total. The second-order valence-corrected chi connectivity index (χ2v) is 10.5. The molecule has 7 aromatic rings. The molecule has 0 amide bonds. The van der Waals surface area contributed by atoms with E-state index < -0.39 is 5.41 Å². The molecule has 5 nitrogen and oxygen atoms in total. The fourth-order valence-corrected chi connectivity index (χ4v) is 6.46. The van der Waals surface area contributed by atoms with Gasteiger partial charge in [-0.05, 0) is 81.1 Å². The summed E-state index contributed by atoms with van der Waals surface area (Å²) in [4.78, 5) is 18.2. The van der Waals surface area contributed by atoms with Gasteiger partial charge in [-0.25, -0.2) is 15.0 Å². The number of pyridine rings is 1. The Balaban J connectivity index is 1.49. The second-order valence-electron chi connectivity index (χ2n) is 10.5. The van der Waals surface area contributed by atoms with Gasteiger partial charge in [-0.2, -0.15) is 0 Å². The monoisotopic (exact) mass is 540 g/mol. The fraction of sp³-hybridized carbons (Fsp3) is 0.0270. The zero-order valence-electron chi connectivity index (χ0n) is 22.5. The van der Waals surface area contributed by atoms with Crippen molar-refractivity contribution in [2.75, 3.05) is 0 Å². The zero-order chi connectivity index (χ0) is 28.1. The number of phenols is 1. The van der Waals surface area contributed by atoms with Gasteiger partial charge in [-0.1, -0.05) is 84.9 Å². The molecule has 1 aliphatic carbocycles. The highest BCUT2D eigenvalue weighted by atomic mass is 16.3. The van der Waals surface area contributed by atoms with E-state index in [9.17, 15) is 5.11 Å². The maximum atomic E-state index is 10.7. The highest BCUT2D eigenvalue weighted by Crippen LogP contribution is 2.56. The third-order valence-corrected chi connectivity index (χ3v) is 8.27. The van der Waals surface area contributed by atoms with Crippen LogP contribution in [-0.4, -0.2) is 25.0 Å². The summed E-state index contributed by atoms with van der Waals surface area (Å²) >= 11 is 0. The van der Waals surface area contributed by atoms with Gasteiger partial charge in [0, 0.05) is 11.1 Å². The summed E-state index contributed by atoms with van der Waals surface area (Å²) in [6.07, 6.45) is 3.04. The Kier molecular flexibility index (Phi) is 5.44. The van der Waals surface area contributed by atoms with Crippen LogP contribution in [0.15, 0.2) is 140 Å². The second kappa shape index (κ2) is 9.46. The molecule has 0 radical (unpaired) electrons. The number of hydrogen-bond acceptors (Lipinski definition) is 5. The van der Waals surface area contributed by atoms with Crippen molar-refractivity contribution in [3.05, 3.63) is 162 Å². The summed E-state index contributed by atoms with van der Waals surface area (Å²) in [6.45, 7) is 0. The Morgan fingerprint density at radius 2 is 1.26 bits per heavy atom. The van der Waals surface area contributed by atoms with Gasteiger partial charge in [0.2, 0.25) is 0 Å². The largest absolute Gasteiger partial charge is 0.507 e. The molecule has 42 heavy (non-hydrogen) atoms. The van der Waals surface area contributed by atoms with Gasteiger partial charge in [-0.3, -0.25) is 4.98 Å². The molecule has 0 bridgehead atoms. The van der Waals surface area contributed by atoms with E-state index in [4.69, 9.17) is 4.98 Å². The molecule has 198 valence electrons. The molecule has 8 rings (SSSR count). The molecule has 0 spiro atoms. The Morgan fingerprint density at radius 3 is 2.10 bits per heavy atom. The summed E-state index contributed by atoms with van der Waals surface area (Å²) in [7, 11) is 0. The lowest BCUT2D eigenvalue weighted by atomic mass is 9.69. The van der Waals surface area contributed by atoms with Crippen LogP contribution in [0.5, 0.6) is 5.75 Å². The molecule has 0 saturated carbocycles. The topological polar surface area (TPSA) is 71.8 Å². The number of rotatable bonds is 4. The number of nitrogens with zero attached hydrogens (tertiary/aromatic N) is 4. The van der Waals surface area contributed by atoms with Crippen molar-refractivity contribution in [2.24, 2.45) is 0 Å². The lowest BCUT2D eigenvalue weighted by Gasteiger charge is -2.33. The predicted octanol–water partition coefficient (Wildman–Crippen LogP) is 7.82. The smallest absolute Gasteiger partial charge is 0.162 e. The molecular formula is C37H24N4O. The number of aromatic hydroxyl groups is 1. The fourth-order valence-electron chi connectivity index (χ4n) is 6.46. The van der Waals surface area contributed by atoms with Crippen molar-refractivity contribution in [3.8, 4) is 39.5 Å². The average molecular weight is 541 g/mol. The first-order chi connectivity index (χ1) is 20.7. The van der Waals surface area contributed by atoms with Crippen LogP contribution in [0.4, 0.5) is 0 Å². The first-order valence-electron chi connectivity index (χ1n) is 13.9. The van der Waals surface area contributed by atoms with Crippen molar-refractivity contribution in [2.45, 2.75) is 5.41 Å². The lowest BCUT2D eigenvalue weighted by molar-refractivity contribution is 0.477. The van der Waals surface area contributed by atoms with E-state index in [1.165, 1.54) is 34.6 Å². The Bertz CT molecular complexity index is 2130. The summed E-state index contributed by atoms with van der Waals surface area (Å²) in [5.74, 6) is 0.814. The number of hydrogen-bond donors (Lipinski definition) is 1. The Hall–Kier alpha value is -5.68. The normalized spacial score (nSPS) is 15.3. The van der Waals surface area contributed by atoms with Crippen LogP contribution >= 0.6 is 0 Å². The molecule has 5 heteroatoms. The molecule has 2 heterocycles. The van der Waals surface area contributed by atoms with Crippen molar-refractivity contribution in [1.82, 2.24) is 19.9 Å². The predicted molar refractivity (Wildman–Crippen MR) is 165 cm³/mol. The molecule has 5 aromatic carbocycles. The van der Waals surface area contributed by atoms with E-state index in [1.54, 1.807) is 6.07 Å². The highest BCUT2D eigenvalue weighted by molar-refractivity contribution is 5.95. The first-order valence-corrected chi connectivity index (χ1v) is 13.9. The number of para-hydroxylation sites is 1. The summed E-state index contributed by atoms with van der Waals surface area (Å²) in [5, 5.41) is 13.1. The minimum atomic E-state index is -0.737. The van der Waals surface area contributed by atoms with Crippen LogP contribution in [0.25, 0.3) is 44.5 Å². The Labute approximate surface area is 242 Å². The van der Waals surface area contributed by atoms with Gasteiger partial charge in [0.1, 0.15) is 18.4 Å². The molecule has 1 unspecified atom stereocenters. The summed E-state index contributed by atoms with van der Waals surface area (Å²) < 4.78 is 0. The van der Waals surface area contributed by atoms with E-state index in [0.717, 1.165) is 27.9 Å². The van der Waals surface area contributed by atoms with Gasteiger partial charge in [-0.15, -0.1) is 0 Å². The van der Waals surface area contributed by atoms with E-state index >= 15 is 0 Å². The van der Waals surface area contributed by atoms with Gasteiger partial charge < -0.3 is 5.11 Å². The van der Waals surface area contributed by atoms with Crippen LogP contribution in [-0.2, 0) is 5.41 Å². The lowest BCUT2D eigenvalue weighted by Crippen LogP contribution is -2.30. The van der Waals surface area contributed by atoms with Crippen molar-refractivity contribution < 1.29 is 5.11 Å². The number of phenolic OH excluding ortho intramolecular Hbond substituents is 1. The van der Waals surface area contributed by atoms with E-state index in [2.05, 4.69) is 99.9 Å². The first kappa shape index (κ1) is 24.1. The van der Waals surface area contributed by atoms with Gasteiger partial charge in [0.25, 0.3) is 0 Å². The molecule has 1 aliphatic rings. The standard InChI is InChI=1S/C37H24N4O/c42-34-17-6-4-14-29(34)33-16-8-18-35(41-33)37(27-12-7-11-26(19-27)36-39-22-38-23-40-36)31-15-5-3-13-28(31)30-20-24-9-1-2-10-25(24)21-32(30)37/h1-23,42H. The number of benzene rings is 5. The quantitative estimate of drug-likeness (QED) is 0.246. The van der Waals surface area contributed by atoms with E-state index in [-0.39, 0.29) is 5.75 Å². The third kappa shape index (κ3) is 3.57. The van der Waals surface area contributed by atoms with Gasteiger partial charge in [0.05, 0.1) is 16.8 Å². The van der Waals surface area contributed by atoms with Crippen LogP contribution in [0.2, 0.25) is 0 Å². The SMILES string of the molecule is Oc1ccccc1-c1cccc(C2(c3cccc(-c4ncncn4)c3)c3ccccc3-c3cc4ccccc4cc32)n1. The van der Waals surface area contributed by atoms with Gasteiger partial charge in [0.15, 0.2) is 5.82 Å². The Morgan fingerprint density at radius 1 is 0.548 bits per heavy atom. The third-order valence-electron chi connectivity index (χ3n) is 8.27. The molecular weight excluding hydrogens is 516 g/mol. The summed E-state index contributed by atoms with van der Waals surface area (Å²) in [5.41, 5.74) is 8.19. The zero-order valence-corrected chi connectivity index (χ0v) is 22.5. The van der Waals surface area contributed by atoms with E-state index in [1.807, 2.05) is 36.4 Å². The van der Waals surface area contributed by atoms with E-state index in [0.29, 0.717) is 17.1 Å². The molecule has 0 fully saturated rings. The maximum absolute atomic E-state index is 10.7. The molecule has 0 aliphatic heterocycles. The highest BCUT2D eigenvalue weighted by Gasteiger charge is 2.47. The maximum Gasteiger partial charge on any atom is 0.162 e. The van der Waals surface area contributed by atoms with Crippen LogP contribution in [0.3, 0.4) is 0 Å². The summed E-state index contributed by atoms with van der Waals surface area (Å²) in [6, 6.07) is 43.6. The molecule has 1 atom stereocenters. The molecule has 2 aromatic heterocycles. The van der Waals surface area contributed by atoms with Crippen LogP contribution in [0.1, 0.15) is 22.4 Å². The van der Waals surface area contributed by atoms with Crippen molar-refractivity contribution in [1.29, 1.82) is 0 Å². The number of aromatic nitrogens is 4.